The number of hydrogen-bond acceptors (Lipinski definition) is 3. The van der Waals surface area contributed by atoms with Gasteiger partial charge in [0.05, 0.1) is 6.20 Å². The van der Waals surface area contributed by atoms with Crippen LogP contribution in [-0.2, 0) is 17.8 Å². The Labute approximate surface area is 156 Å². The van der Waals surface area contributed by atoms with Gasteiger partial charge in [-0.05, 0) is 30.3 Å². The van der Waals surface area contributed by atoms with E-state index < -0.39 is 0 Å². The van der Waals surface area contributed by atoms with Crippen molar-refractivity contribution in [3.05, 3.63) is 77.0 Å². The summed E-state index contributed by atoms with van der Waals surface area (Å²) in [6.45, 7) is 0.229. The topological polar surface area (TPSA) is 46.3 Å². The summed E-state index contributed by atoms with van der Waals surface area (Å²) in [5.74, 6) is 0.707. The Morgan fingerprint density at radius 3 is 2.65 bits per heavy atom. The molecule has 6 heteroatoms. The fourth-order valence-corrected chi connectivity index (χ4v) is 2.67. The highest BCUT2D eigenvalue weighted by molar-refractivity contribution is 6.30. The standard InChI is InChI=1S/C20H18ClFN2O2/c1-24(13-15-4-2-3-5-17(15)22)20(25)11-10-19-23-12-18(26-19)14-6-8-16(21)9-7-14/h2-9,12H,10-11,13H2,1H3. The molecule has 0 atom stereocenters. The van der Waals surface area contributed by atoms with Crippen LogP contribution in [0.2, 0.25) is 5.02 Å². The summed E-state index contributed by atoms with van der Waals surface area (Å²) < 4.78 is 19.4. The number of benzene rings is 2. The first-order valence-corrected chi connectivity index (χ1v) is 8.59. The third-order valence-electron chi connectivity index (χ3n) is 4.03. The van der Waals surface area contributed by atoms with Crippen LogP contribution >= 0.6 is 11.6 Å². The third kappa shape index (κ3) is 4.49. The van der Waals surface area contributed by atoms with Gasteiger partial charge in [-0.2, -0.15) is 0 Å². The van der Waals surface area contributed by atoms with E-state index in [2.05, 4.69) is 4.98 Å². The first-order chi connectivity index (χ1) is 12.5. The number of amides is 1. The van der Waals surface area contributed by atoms with Gasteiger partial charge < -0.3 is 9.32 Å². The van der Waals surface area contributed by atoms with E-state index in [1.165, 1.54) is 11.0 Å². The minimum absolute atomic E-state index is 0.0977. The van der Waals surface area contributed by atoms with Crippen LogP contribution in [0.15, 0.2) is 59.1 Å². The van der Waals surface area contributed by atoms with Crippen LogP contribution in [-0.4, -0.2) is 22.8 Å². The van der Waals surface area contributed by atoms with Gasteiger partial charge in [0.15, 0.2) is 11.7 Å². The average molecular weight is 373 g/mol. The van der Waals surface area contributed by atoms with Crippen LogP contribution in [0.3, 0.4) is 0 Å². The molecule has 1 aromatic heterocycles. The lowest BCUT2D eigenvalue weighted by Crippen LogP contribution is -2.26. The molecular formula is C20H18ClFN2O2. The average Bonchev–Trinajstić information content (AvgIpc) is 3.11. The highest BCUT2D eigenvalue weighted by Gasteiger charge is 2.14. The number of nitrogens with zero attached hydrogens (tertiary/aromatic N) is 2. The van der Waals surface area contributed by atoms with Crippen molar-refractivity contribution in [1.82, 2.24) is 9.88 Å². The van der Waals surface area contributed by atoms with E-state index in [-0.39, 0.29) is 24.7 Å². The van der Waals surface area contributed by atoms with Gasteiger partial charge in [0, 0.05) is 42.6 Å². The Morgan fingerprint density at radius 2 is 1.92 bits per heavy atom. The fourth-order valence-electron chi connectivity index (χ4n) is 2.55. The normalized spacial score (nSPS) is 10.7. The van der Waals surface area contributed by atoms with Gasteiger partial charge in [0.2, 0.25) is 5.91 Å². The number of halogens is 2. The number of rotatable bonds is 6. The van der Waals surface area contributed by atoms with Crippen molar-refractivity contribution in [2.24, 2.45) is 0 Å². The molecule has 0 bridgehead atoms. The number of carbonyl (C=O) groups excluding carboxylic acids is 1. The highest BCUT2D eigenvalue weighted by atomic mass is 35.5. The van der Waals surface area contributed by atoms with E-state index in [1.807, 2.05) is 12.1 Å². The second-order valence-corrected chi connectivity index (χ2v) is 6.40. The number of aromatic nitrogens is 1. The molecule has 0 saturated heterocycles. The van der Waals surface area contributed by atoms with E-state index in [0.29, 0.717) is 28.7 Å². The molecule has 26 heavy (non-hydrogen) atoms. The minimum atomic E-state index is -0.313. The van der Waals surface area contributed by atoms with E-state index in [0.717, 1.165) is 5.56 Å². The summed E-state index contributed by atoms with van der Waals surface area (Å²) in [4.78, 5) is 18.0. The molecule has 134 valence electrons. The van der Waals surface area contributed by atoms with Crippen LogP contribution in [0.1, 0.15) is 17.9 Å². The second kappa shape index (κ2) is 8.15. The molecule has 1 amide bonds. The SMILES string of the molecule is CN(Cc1ccccc1F)C(=O)CCc1ncc(-c2ccc(Cl)cc2)o1. The van der Waals surface area contributed by atoms with Crippen LogP contribution in [0.4, 0.5) is 4.39 Å². The Bertz CT molecular complexity index is 893. The van der Waals surface area contributed by atoms with Gasteiger partial charge in [0.25, 0.3) is 0 Å². The van der Waals surface area contributed by atoms with Crippen molar-refractivity contribution in [3.63, 3.8) is 0 Å². The predicted molar refractivity (Wildman–Crippen MR) is 98.1 cm³/mol. The molecule has 0 aliphatic rings. The zero-order valence-electron chi connectivity index (χ0n) is 14.3. The minimum Gasteiger partial charge on any atom is -0.441 e. The Morgan fingerprint density at radius 1 is 1.19 bits per heavy atom. The molecule has 0 radical (unpaired) electrons. The lowest BCUT2D eigenvalue weighted by atomic mass is 10.2. The molecule has 1 heterocycles. The molecule has 0 aliphatic carbocycles. The van der Waals surface area contributed by atoms with Gasteiger partial charge in [0.1, 0.15) is 5.82 Å². The van der Waals surface area contributed by atoms with Gasteiger partial charge in [-0.3, -0.25) is 4.79 Å². The molecular weight excluding hydrogens is 355 g/mol. The molecule has 0 spiro atoms. The maximum Gasteiger partial charge on any atom is 0.223 e. The van der Waals surface area contributed by atoms with E-state index in [9.17, 15) is 9.18 Å². The Kier molecular flexibility index (Phi) is 5.68. The molecule has 0 aliphatic heterocycles. The number of carbonyl (C=O) groups is 1. The zero-order valence-corrected chi connectivity index (χ0v) is 15.0. The quantitative estimate of drug-likeness (QED) is 0.628. The van der Waals surface area contributed by atoms with Crippen LogP contribution in [0.25, 0.3) is 11.3 Å². The number of oxazole rings is 1. The van der Waals surface area contributed by atoms with Gasteiger partial charge in [-0.25, -0.2) is 9.37 Å². The van der Waals surface area contributed by atoms with E-state index in [1.54, 1.807) is 43.6 Å². The molecule has 2 aromatic carbocycles. The van der Waals surface area contributed by atoms with E-state index >= 15 is 0 Å². The lowest BCUT2D eigenvalue weighted by molar-refractivity contribution is -0.130. The van der Waals surface area contributed by atoms with Gasteiger partial charge in [-0.1, -0.05) is 29.8 Å². The summed E-state index contributed by atoms with van der Waals surface area (Å²) in [7, 11) is 1.66. The van der Waals surface area contributed by atoms with Crippen molar-refractivity contribution in [2.75, 3.05) is 7.05 Å². The summed E-state index contributed by atoms with van der Waals surface area (Å²) in [6, 6.07) is 13.7. The van der Waals surface area contributed by atoms with Gasteiger partial charge >= 0.3 is 0 Å². The van der Waals surface area contributed by atoms with Crippen molar-refractivity contribution in [1.29, 1.82) is 0 Å². The first kappa shape index (κ1) is 18.1. The number of hydrogen-bond donors (Lipinski definition) is 0. The molecule has 3 rings (SSSR count). The maximum atomic E-state index is 13.7. The highest BCUT2D eigenvalue weighted by Crippen LogP contribution is 2.22. The molecule has 0 unspecified atom stereocenters. The van der Waals surface area contributed by atoms with Crippen LogP contribution in [0.5, 0.6) is 0 Å². The van der Waals surface area contributed by atoms with Crippen molar-refractivity contribution < 1.29 is 13.6 Å². The van der Waals surface area contributed by atoms with E-state index in [4.69, 9.17) is 16.0 Å². The summed E-state index contributed by atoms with van der Waals surface area (Å²) in [5, 5.41) is 0.650. The Balaban J connectivity index is 1.56. The molecule has 0 N–H and O–H groups in total. The van der Waals surface area contributed by atoms with Crippen LogP contribution in [0, 0.1) is 5.82 Å². The fraction of sp³-hybridized carbons (Fsp3) is 0.200. The molecule has 3 aromatic rings. The van der Waals surface area contributed by atoms with Crippen molar-refractivity contribution in [3.8, 4) is 11.3 Å². The smallest absolute Gasteiger partial charge is 0.223 e. The second-order valence-electron chi connectivity index (χ2n) is 5.97. The summed E-state index contributed by atoms with van der Waals surface area (Å²) in [5.41, 5.74) is 1.36. The third-order valence-corrected chi connectivity index (χ3v) is 4.28. The molecule has 0 fully saturated rings. The van der Waals surface area contributed by atoms with Crippen molar-refractivity contribution in [2.45, 2.75) is 19.4 Å². The van der Waals surface area contributed by atoms with Gasteiger partial charge in [-0.15, -0.1) is 0 Å². The maximum absolute atomic E-state index is 13.7. The summed E-state index contributed by atoms with van der Waals surface area (Å²) in [6.07, 6.45) is 2.26. The zero-order chi connectivity index (χ0) is 18.5. The largest absolute Gasteiger partial charge is 0.441 e. The van der Waals surface area contributed by atoms with Crippen LogP contribution < -0.4 is 0 Å². The molecule has 4 nitrogen and oxygen atoms in total. The van der Waals surface area contributed by atoms with Crippen molar-refractivity contribution >= 4 is 17.5 Å². The Hall–Kier alpha value is -2.66. The number of aryl methyl sites for hydroxylation is 1. The first-order valence-electron chi connectivity index (χ1n) is 8.21. The monoisotopic (exact) mass is 372 g/mol. The summed E-state index contributed by atoms with van der Waals surface area (Å²) >= 11 is 5.87. The predicted octanol–water partition coefficient (Wildman–Crippen LogP) is 4.73. The molecule has 0 saturated carbocycles. The lowest BCUT2D eigenvalue weighted by Gasteiger charge is -2.17.